The summed E-state index contributed by atoms with van der Waals surface area (Å²) in [6, 6.07) is 0. The van der Waals surface area contributed by atoms with E-state index < -0.39 is 0 Å². The van der Waals surface area contributed by atoms with Crippen LogP contribution in [0, 0.1) is 16.7 Å². The van der Waals surface area contributed by atoms with Crippen molar-refractivity contribution < 1.29 is 5.11 Å². The average Bonchev–Trinajstić information content (AvgIpc) is 1.49. The second-order valence-corrected chi connectivity index (χ2v) is 5.95. The van der Waals surface area contributed by atoms with Crippen molar-refractivity contribution in [3.05, 3.63) is 0 Å². The van der Waals surface area contributed by atoms with Gasteiger partial charge in [-0.2, -0.15) is 0 Å². The highest BCUT2D eigenvalue weighted by Gasteiger charge is 2.37. The maximum Gasteiger partial charge on any atom is 0.0550 e. The molecule has 1 nitrogen and oxygen atoms in total. The minimum Gasteiger partial charge on any atom is -0.393 e. The first-order valence-corrected chi connectivity index (χ1v) is 4.75. The van der Waals surface area contributed by atoms with Crippen molar-refractivity contribution in [2.24, 2.45) is 16.7 Å². The fourth-order valence-corrected chi connectivity index (χ4v) is 2.75. The molecule has 74 valence electrons. The molecule has 0 aromatic heterocycles. The maximum atomic E-state index is 9.68. The Bertz CT molecular complexity index is 120. The molecule has 1 atom stereocenters. The minimum atomic E-state index is -0.231. The zero-order valence-electron chi connectivity index (χ0n) is 9.60. The molecule has 0 rings (SSSR count). The molecule has 1 unspecified atom stereocenters. The van der Waals surface area contributed by atoms with E-state index in [1.54, 1.807) is 0 Å². The molecule has 0 aliphatic rings. The summed E-state index contributed by atoms with van der Waals surface area (Å²) in [5.74, 6) is 0.338. The van der Waals surface area contributed by atoms with Gasteiger partial charge in [-0.25, -0.2) is 0 Å². The van der Waals surface area contributed by atoms with Gasteiger partial charge in [0.2, 0.25) is 0 Å². The van der Waals surface area contributed by atoms with Gasteiger partial charge in [-0.3, -0.25) is 0 Å². The van der Waals surface area contributed by atoms with Gasteiger partial charge in [-0.05, 0) is 23.7 Å². The van der Waals surface area contributed by atoms with E-state index in [1.165, 1.54) is 0 Å². The maximum absolute atomic E-state index is 9.68. The van der Waals surface area contributed by atoms with Crippen LogP contribution in [0.4, 0.5) is 0 Å². The lowest BCUT2D eigenvalue weighted by Crippen LogP contribution is -2.40. The van der Waals surface area contributed by atoms with Crippen molar-refractivity contribution in [2.45, 2.75) is 54.6 Å². The van der Waals surface area contributed by atoms with Gasteiger partial charge in [0.05, 0.1) is 6.10 Å². The van der Waals surface area contributed by atoms with E-state index in [2.05, 4.69) is 41.5 Å². The van der Waals surface area contributed by atoms with E-state index in [9.17, 15) is 5.11 Å². The van der Waals surface area contributed by atoms with Crippen LogP contribution in [-0.4, -0.2) is 11.2 Å². The topological polar surface area (TPSA) is 20.2 Å². The Morgan fingerprint density at radius 1 is 0.833 bits per heavy atom. The predicted octanol–water partition coefficient (Wildman–Crippen LogP) is 3.08. The Hall–Kier alpha value is -0.0400. The Morgan fingerprint density at radius 2 is 1.08 bits per heavy atom. The fraction of sp³-hybridized carbons (Fsp3) is 1.00. The van der Waals surface area contributed by atoms with Gasteiger partial charge < -0.3 is 5.11 Å². The van der Waals surface area contributed by atoms with Gasteiger partial charge in [0, 0.05) is 0 Å². The minimum absolute atomic E-state index is 0.173. The lowest BCUT2D eigenvalue weighted by atomic mass is 9.64. The van der Waals surface area contributed by atoms with Crippen molar-refractivity contribution in [1.82, 2.24) is 0 Å². The SMILES string of the molecule is CC(O)C(C(C)(C)C)C(C)(C)C. The Labute approximate surface area is 77.2 Å². The summed E-state index contributed by atoms with van der Waals surface area (Å²) in [7, 11) is 0. The molecule has 12 heavy (non-hydrogen) atoms. The molecule has 0 heterocycles. The number of rotatable bonds is 1. The van der Waals surface area contributed by atoms with E-state index in [0.717, 1.165) is 0 Å². The summed E-state index contributed by atoms with van der Waals surface area (Å²) in [6.07, 6.45) is -0.231. The van der Waals surface area contributed by atoms with E-state index >= 15 is 0 Å². The van der Waals surface area contributed by atoms with Crippen molar-refractivity contribution in [3.8, 4) is 0 Å². The second-order valence-electron chi connectivity index (χ2n) is 5.95. The van der Waals surface area contributed by atoms with Crippen LogP contribution in [0.1, 0.15) is 48.5 Å². The number of hydrogen-bond donors (Lipinski definition) is 1. The third-order valence-electron chi connectivity index (χ3n) is 2.35. The van der Waals surface area contributed by atoms with Crippen LogP contribution in [0.2, 0.25) is 0 Å². The molecule has 1 N–H and O–H groups in total. The third kappa shape index (κ3) is 3.14. The Balaban J connectivity index is 4.70. The molecule has 0 aliphatic carbocycles. The third-order valence-corrected chi connectivity index (χ3v) is 2.35. The molecule has 0 aromatic carbocycles. The number of hydrogen-bond acceptors (Lipinski definition) is 1. The van der Waals surface area contributed by atoms with Gasteiger partial charge in [-0.1, -0.05) is 41.5 Å². The molecule has 0 saturated carbocycles. The van der Waals surface area contributed by atoms with E-state index in [0.29, 0.717) is 5.92 Å². The molecule has 0 spiro atoms. The smallest absolute Gasteiger partial charge is 0.0550 e. The molecular weight excluding hydrogens is 148 g/mol. The normalized spacial score (nSPS) is 16.8. The Morgan fingerprint density at radius 3 is 1.08 bits per heavy atom. The summed E-state index contributed by atoms with van der Waals surface area (Å²) in [5.41, 5.74) is 0.346. The van der Waals surface area contributed by atoms with Crippen LogP contribution in [-0.2, 0) is 0 Å². The highest BCUT2D eigenvalue weighted by Crippen LogP contribution is 2.41. The summed E-state index contributed by atoms with van der Waals surface area (Å²) < 4.78 is 0. The molecule has 1 heteroatoms. The molecule has 0 aromatic rings. The van der Waals surface area contributed by atoms with Crippen molar-refractivity contribution in [3.63, 3.8) is 0 Å². The molecule has 0 radical (unpaired) electrons. The quantitative estimate of drug-likeness (QED) is 0.644. The monoisotopic (exact) mass is 172 g/mol. The molecule has 0 fully saturated rings. The number of aliphatic hydroxyl groups is 1. The van der Waals surface area contributed by atoms with Crippen LogP contribution < -0.4 is 0 Å². The molecular formula is C11H24O. The Kier molecular flexibility index (Phi) is 3.36. The van der Waals surface area contributed by atoms with Crippen LogP contribution in [0.3, 0.4) is 0 Å². The zero-order valence-corrected chi connectivity index (χ0v) is 9.60. The van der Waals surface area contributed by atoms with Crippen molar-refractivity contribution in [1.29, 1.82) is 0 Å². The predicted molar refractivity (Wildman–Crippen MR) is 54.1 cm³/mol. The molecule has 0 amide bonds. The summed E-state index contributed by atoms with van der Waals surface area (Å²) in [4.78, 5) is 0. The highest BCUT2D eigenvalue weighted by molar-refractivity contribution is 4.86. The van der Waals surface area contributed by atoms with Gasteiger partial charge >= 0.3 is 0 Å². The van der Waals surface area contributed by atoms with E-state index in [1.807, 2.05) is 6.92 Å². The second kappa shape index (κ2) is 3.37. The first kappa shape index (κ1) is 12.0. The van der Waals surface area contributed by atoms with Crippen LogP contribution in [0.25, 0.3) is 0 Å². The largest absolute Gasteiger partial charge is 0.393 e. The molecule has 0 aliphatic heterocycles. The lowest BCUT2D eigenvalue weighted by Gasteiger charge is -2.42. The average molecular weight is 172 g/mol. The van der Waals surface area contributed by atoms with E-state index in [-0.39, 0.29) is 16.9 Å². The first-order chi connectivity index (χ1) is 5.07. The van der Waals surface area contributed by atoms with Gasteiger partial charge in [0.25, 0.3) is 0 Å². The van der Waals surface area contributed by atoms with Crippen LogP contribution >= 0.6 is 0 Å². The summed E-state index contributed by atoms with van der Waals surface area (Å²) in [6.45, 7) is 15.0. The molecule has 0 saturated heterocycles. The van der Waals surface area contributed by atoms with Gasteiger partial charge in [0.1, 0.15) is 0 Å². The van der Waals surface area contributed by atoms with Crippen molar-refractivity contribution in [2.75, 3.05) is 0 Å². The van der Waals surface area contributed by atoms with Crippen LogP contribution in [0.15, 0.2) is 0 Å². The van der Waals surface area contributed by atoms with Gasteiger partial charge in [-0.15, -0.1) is 0 Å². The van der Waals surface area contributed by atoms with Gasteiger partial charge in [0.15, 0.2) is 0 Å². The summed E-state index contributed by atoms with van der Waals surface area (Å²) >= 11 is 0. The van der Waals surface area contributed by atoms with E-state index in [4.69, 9.17) is 0 Å². The fourth-order valence-electron chi connectivity index (χ4n) is 2.75. The zero-order chi connectivity index (χ0) is 10.2. The summed E-state index contributed by atoms with van der Waals surface area (Å²) in [5, 5.41) is 9.68. The standard InChI is InChI=1S/C11H24O/c1-8(12)9(10(2,3)4)11(5,6)7/h8-9,12H,1-7H3. The highest BCUT2D eigenvalue weighted by atomic mass is 16.3. The lowest BCUT2D eigenvalue weighted by molar-refractivity contribution is -0.0149. The van der Waals surface area contributed by atoms with Crippen LogP contribution in [0.5, 0.6) is 0 Å². The number of aliphatic hydroxyl groups excluding tert-OH is 1. The van der Waals surface area contributed by atoms with Crippen molar-refractivity contribution >= 4 is 0 Å². The molecule has 0 bridgehead atoms. The first-order valence-electron chi connectivity index (χ1n) is 4.75.